The highest BCUT2D eigenvalue weighted by atomic mass is 19.1. The fourth-order valence-electron chi connectivity index (χ4n) is 2.30. The minimum Gasteiger partial charge on any atom is -0.370 e. The second-order valence-corrected chi connectivity index (χ2v) is 5.46. The average molecular weight is 286 g/mol. The Balaban J connectivity index is 2.09. The molecular weight excluding hydrogens is 267 g/mol. The highest BCUT2D eigenvalue weighted by Crippen LogP contribution is 2.40. The van der Waals surface area contributed by atoms with Crippen molar-refractivity contribution in [1.29, 1.82) is 0 Å². The molecule has 2 heterocycles. The summed E-state index contributed by atoms with van der Waals surface area (Å²) in [5.41, 5.74) is 2.05. The predicted molar refractivity (Wildman–Crippen MR) is 80.7 cm³/mol. The molecule has 0 unspecified atom stereocenters. The third-order valence-corrected chi connectivity index (χ3v) is 3.68. The summed E-state index contributed by atoms with van der Waals surface area (Å²) >= 11 is 0. The molecule has 1 saturated carbocycles. The van der Waals surface area contributed by atoms with Crippen molar-refractivity contribution in [2.75, 3.05) is 11.9 Å². The lowest BCUT2D eigenvalue weighted by molar-refractivity contribution is 0.624. The largest absolute Gasteiger partial charge is 0.370 e. The van der Waals surface area contributed by atoms with Gasteiger partial charge in [0, 0.05) is 29.8 Å². The van der Waals surface area contributed by atoms with Gasteiger partial charge in [-0.15, -0.1) is 0 Å². The van der Waals surface area contributed by atoms with Crippen LogP contribution in [0.4, 0.5) is 10.2 Å². The number of anilines is 1. The zero-order valence-corrected chi connectivity index (χ0v) is 12.4. The molecular formula is C16H19FN4. The summed E-state index contributed by atoms with van der Waals surface area (Å²) < 4.78 is 14.0. The number of pyridine rings is 1. The first-order chi connectivity index (χ1) is 10.2. The normalized spacial score (nSPS) is 14.2. The van der Waals surface area contributed by atoms with Crippen LogP contribution in [0.1, 0.15) is 43.5 Å². The lowest BCUT2D eigenvalue weighted by Gasteiger charge is -2.14. The van der Waals surface area contributed by atoms with Crippen molar-refractivity contribution in [2.24, 2.45) is 0 Å². The number of hydrogen-bond acceptors (Lipinski definition) is 4. The van der Waals surface area contributed by atoms with Crippen LogP contribution >= 0.6 is 0 Å². The molecule has 1 aliphatic rings. The molecule has 0 atom stereocenters. The summed E-state index contributed by atoms with van der Waals surface area (Å²) in [6, 6.07) is 1.67. The molecule has 0 aliphatic heterocycles. The van der Waals surface area contributed by atoms with Gasteiger partial charge in [-0.25, -0.2) is 14.4 Å². The molecule has 0 aromatic carbocycles. The fraction of sp³-hybridized carbons (Fsp3) is 0.438. The maximum Gasteiger partial charge on any atom is 0.150 e. The number of rotatable bonds is 5. The summed E-state index contributed by atoms with van der Waals surface area (Å²) in [4.78, 5) is 13.1. The van der Waals surface area contributed by atoms with Crippen molar-refractivity contribution in [2.45, 2.75) is 39.0 Å². The molecule has 3 rings (SSSR count). The van der Waals surface area contributed by atoms with E-state index in [-0.39, 0.29) is 5.82 Å². The van der Waals surface area contributed by atoms with Crippen molar-refractivity contribution < 1.29 is 4.39 Å². The summed E-state index contributed by atoms with van der Waals surface area (Å²) in [5, 5.41) is 3.33. The molecule has 0 amide bonds. The molecule has 2 aromatic heterocycles. The maximum absolute atomic E-state index is 14.0. The smallest absolute Gasteiger partial charge is 0.150 e. The van der Waals surface area contributed by atoms with Crippen LogP contribution in [0, 0.1) is 12.7 Å². The van der Waals surface area contributed by atoms with Gasteiger partial charge in [0.1, 0.15) is 11.6 Å². The van der Waals surface area contributed by atoms with Crippen LogP contribution in [0.2, 0.25) is 0 Å². The number of halogens is 1. The molecule has 0 radical (unpaired) electrons. The molecule has 0 saturated heterocycles. The first kappa shape index (κ1) is 13.9. The van der Waals surface area contributed by atoms with Gasteiger partial charge in [-0.1, -0.05) is 6.92 Å². The van der Waals surface area contributed by atoms with E-state index >= 15 is 0 Å². The molecule has 1 fully saturated rings. The predicted octanol–water partition coefficient (Wildman–Crippen LogP) is 3.69. The van der Waals surface area contributed by atoms with Crippen LogP contribution in [-0.2, 0) is 0 Å². The lowest BCUT2D eigenvalue weighted by Crippen LogP contribution is -2.09. The van der Waals surface area contributed by atoms with E-state index < -0.39 is 0 Å². The summed E-state index contributed by atoms with van der Waals surface area (Å²) in [7, 11) is 0. The Labute approximate surface area is 123 Å². The first-order valence-corrected chi connectivity index (χ1v) is 7.43. The Morgan fingerprint density at radius 1 is 1.33 bits per heavy atom. The number of hydrogen-bond donors (Lipinski definition) is 1. The zero-order chi connectivity index (χ0) is 14.8. The topological polar surface area (TPSA) is 50.7 Å². The summed E-state index contributed by atoms with van der Waals surface area (Å²) in [6.45, 7) is 4.89. The van der Waals surface area contributed by atoms with E-state index in [0.29, 0.717) is 17.2 Å². The average Bonchev–Trinajstić information content (AvgIpc) is 3.32. The van der Waals surface area contributed by atoms with E-state index in [1.54, 1.807) is 12.3 Å². The Bertz CT molecular complexity index is 653. The number of nitrogens with zero attached hydrogens (tertiary/aromatic N) is 3. The standard InChI is InChI=1S/C16H19FN4/c1-3-7-19-15-10(2)14(12-6-8-18-9-13(12)17)20-16(21-15)11-4-5-11/h6,8-9,11H,3-5,7H2,1-2H3,(H,19,20,21). The molecule has 1 aliphatic carbocycles. The summed E-state index contributed by atoms with van der Waals surface area (Å²) in [6.07, 6.45) is 6.08. The number of nitrogens with one attached hydrogen (secondary N) is 1. The van der Waals surface area contributed by atoms with Crippen LogP contribution in [0.25, 0.3) is 11.3 Å². The fourth-order valence-corrected chi connectivity index (χ4v) is 2.30. The first-order valence-electron chi connectivity index (χ1n) is 7.43. The van der Waals surface area contributed by atoms with Gasteiger partial charge in [-0.05, 0) is 32.3 Å². The van der Waals surface area contributed by atoms with Crippen LogP contribution in [0.5, 0.6) is 0 Å². The monoisotopic (exact) mass is 286 g/mol. The molecule has 110 valence electrons. The third kappa shape index (κ3) is 2.86. The van der Waals surface area contributed by atoms with Crippen LogP contribution in [-0.4, -0.2) is 21.5 Å². The van der Waals surface area contributed by atoms with E-state index in [4.69, 9.17) is 0 Å². The van der Waals surface area contributed by atoms with Crippen LogP contribution in [0.15, 0.2) is 18.5 Å². The van der Waals surface area contributed by atoms with E-state index in [1.807, 2.05) is 6.92 Å². The zero-order valence-electron chi connectivity index (χ0n) is 12.4. The minimum atomic E-state index is -0.345. The lowest BCUT2D eigenvalue weighted by atomic mass is 10.1. The van der Waals surface area contributed by atoms with Gasteiger partial charge in [0.15, 0.2) is 5.82 Å². The van der Waals surface area contributed by atoms with Gasteiger partial charge < -0.3 is 5.32 Å². The summed E-state index contributed by atoms with van der Waals surface area (Å²) in [5.74, 6) is 1.73. The van der Waals surface area contributed by atoms with Gasteiger partial charge >= 0.3 is 0 Å². The Hall–Kier alpha value is -2.04. The maximum atomic E-state index is 14.0. The van der Waals surface area contributed by atoms with Gasteiger partial charge in [0.25, 0.3) is 0 Å². The van der Waals surface area contributed by atoms with Crippen molar-refractivity contribution in [3.05, 3.63) is 35.7 Å². The van der Waals surface area contributed by atoms with Crippen molar-refractivity contribution in [3.63, 3.8) is 0 Å². The molecule has 0 spiro atoms. The van der Waals surface area contributed by atoms with Gasteiger partial charge in [-0.3, -0.25) is 4.98 Å². The number of aromatic nitrogens is 3. The van der Waals surface area contributed by atoms with Crippen molar-refractivity contribution in [3.8, 4) is 11.3 Å². The van der Waals surface area contributed by atoms with Crippen LogP contribution in [0.3, 0.4) is 0 Å². The second kappa shape index (κ2) is 5.76. The minimum absolute atomic E-state index is 0.345. The highest BCUT2D eigenvalue weighted by molar-refractivity contribution is 5.68. The SMILES string of the molecule is CCCNc1nc(C2CC2)nc(-c2ccncc2F)c1C. The Morgan fingerprint density at radius 2 is 2.14 bits per heavy atom. The van der Waals surface area contributed by atoms with E-state index in [1.165, 1.54) is 6.20 Å². The third-order valence-electron chi connectivity index (χ3n) is 3.68. The van der Waals surface area contributed by atoms with Crippen LogP contribution < -0.4 is 5.32 Å². The van der Waals surface area contributed by atoms with Gasteiger partial charge in [-0.2, -0.15) is 0 Å². The molecule has 0 bridgehead atoms. The van der Waals surface area contributed by atoms with Gasteiger partial charge in [0.2, 0.25) is 0 Å². The Morgan fingerprint density at radius 3 is 2.81 bits per heavy atom. The van der Waals surface area contributed by atoms with E-state index in [9.17, 15) is 4.39 Å². The highest BCUT2D eigenvalue weighted by Gasteiger charge is 2.28. The van der Waals surface area contributed by atoms with Crippen molar-refractivity contribution in [1.82, 2.24) is 15.0 Å². The quantitative estimate of drug-likeness (QED) is 0.910. The molecule has 4 nitrogen and oxygen atoms in total. The molecule has 5 heteroatoms. The van der Waals surface area contributed by atoms with E-state index in [2.05, 4.69) is 27.2 Å². The Kier molecular flexibility index (Phi) is 3.82. The molecule has 2 aromatic rings. The second-order valence-electron chi connectivity index (χ2n) is 5.46. The molecule has 21 heavy (non-hydrogen) atoms. The van der Waals surface area contributed by atoms with Crippen molar-refractivity contribution >= 4 is 5.82 Å². The van der Waals surface area contributed by atoms with Gasteiger partial charge in [0.05, 0.1) is 11.9 Å². The molecule has 1 N–H and O–H groups in total. The van der Waals surface area contributed by atoms with E-state index in [0.717, 1.165) is 43.0 Å².